The van der Waals surface area contributed by atoms with Crippen LogP contribution in [0.25, 0.3) is 0 Å². The maximum absolute atomic E-state index is 12.6. The predicted molar refractivity (Wildman–Crippen MR) is 70.2 cm³/mol. The van der Waals surface area contributed by atoms with Crippen molar-refractivity contribution in [2.75, 3.05) is 0 Å². The summed E-state index contributed by atoms with van der Waals surface area (Å²) in [7, 11) is 0. The maximum atomic E-state index is 12.6. The summed E-state index contributed by atoms with van der Waals surface area (Å²) < 4.78 is 12.6. The summed E-state index contributed by atoms with van der Waals surface area (Å²) in [5.74, 6) is -0.271. The summed E-state index contributed by atoms with van der Waals surface area (Å²) in [5.41, 5.74) is 1.72. The minimum Gasteiger partial charge on any atom is -0.391 e. The summed E-state index contributed by atoms with van der Waals surface area (Å²) in [6, 6.07) is 13.4. The Hall–Kier alpha value is -1.87. The van der Waals surface area contributed by atoms with Crippen LogP contribution in [0.15, 0.2) is 53.7 Å². The van der Waals surface area contributed by atoms with Crippen LogP contribution in [0.1, 0.15) is 11.1 Å². The highest BCUT2D eigenvalue weighted by Gasteiger charge is 1.94. The van der Waals surface area contributed by atoms with E-state index in [2.05, 4.69) is 5.16 Å². The molecule has 0 atom stereocenters. The number of hydrogen-bond acceptors (Lipinski definition) is 2. The van der Waals surface area contributed by atoms with Gasteiger partial charge in [0, 0.05) is 5.02 Å². The molecule has 0 aromatic heterocycles. The molecule has 0 unspecified atom stereocenters. The zero-order chi connectivity index (χ0) is 12.8. The maximum Gasteiger partial charge on any atom is 0.142 e. The van der Waals surface area contributed by atoms with Gasteiger partial charge in [0.2, 0.25) is 0 Å². The highest BCUT2D eigenvalue weighted by atomic mass is 35.5. The van der Waals surface area contributed by atoms with E-state index in [0.717, 1.165) is 11.1 Å². The van der Waals surface area contributed by atoms with Crippen LogP contribution in [0.4, 0.5) is 4.39 Å². The molecular formula is C14H11ClFNO. The monoisotopic (exact) mass is 263 g/mol. The topological polar surface area (TPSA) is 21.6 Å². The fourth-order valence-corrected chi connectivity index (χ4v) is 1.60. The Balaban J connectivity index is 1.87. The fourth-order valence-electron chi connectivity index (χ4n) is 1.39. The SMILES string of the molecule is Fc1ccc(/C=N/OCc2cccc(Cl)c2)cc1. The van der Waals surface area contributed by atoms with Crippen LogP contribution >= 0.6 is 11.6 Å². The van der Waals surface area contributed by atoms with E-state index in [0.29, 0.717) is 11.6 Å². The normalized spacial score (nSPS) is 10.8. The average molecular weight is 264 g/mol. The molecule has 2 aromatic carbocycles. The van der Waals surface area contributed by atoms with Crippen molar-refractivity contribution in [2.24, 2.45) is 5.16 Å². The number of benzene rings is 2. The minimum absolute atomic E-state index is 0.271. The van der Waals surface area contributed by atoms with Gasteiger partial charge < -0.3 is 4.84 Å². The molecule has 0 radical (unpaired) electrons. The van der Waals surface area contributed by atoms with E-state index in [-0.39, 0.29) is 5.82 Å². The Morgan fingerprint density at radius 2 is 1.94 bits per heavy atom. The Bertz CT molecular complexity index is 540. The van der Waals surface area contributed by atoms with Crippen LogP contribution in [0, 0.1) is 5.82 Å². The van der Waals surface area contributed by atoms with E-state index in [4.69, 9.17) is 16.4 Å². The van der Waals surface area contributed by atoms with Crippen molar-refractivity contribution in [2.45, 2.75) is 6.61 Å². The van der Waals surface area contributed by atoms with Crippen LogP contribution in [0.5, 0.6) is 0 Å². The second-order valence-corrected chi connectivity index (χ2v) is 4.13. The Morgan fingerprint density at radius 3 is 2.67 bits per heavy atom. The van der Waals surface area contributed by atoms with E-state index in [1.807, 2.05) is 18.2 Å². The first-order valence-corrected chi connectivity index (χ1v) is 5.77. The van der Waals surface area contributed by atoms with Gasteiger partial charge in [-0.25, -0.2) is 4.39 Å². The second-order valence-electron chi connectivity index (χ2n) is 3.69. The number of nitrogens with zero attached hydrogens (tertiary/aromatic N) is 1. The van der Waals surface area contributed by atoms with Gasteiger partial charge in [0.1, 0.15) is 12.4 Å². The molecule has 0 saturated heterocycles. The number of oxime groups is 1. The van der Waals surface area contributed by atoms with Crippen LogP contribution in [0.3, 0.4) is 0 Å². The first-order valence-electron chi connectivity index (χ1n) is 5.39. The lowest BCUT2D eigenvalue weighted by atomic mass is 10.2. The van der Waals surface area contributed by atoms with Gasteiger partial charge in [-0.1, -0.05) is 41.0 Å². The van der Waals surface area contributed by atoms with Crippen molar-refractivity contribution in [1.29, 1.82) is 0 Å². The molecule has 92 valence electrons. The first kappa shape index (κ1) is 12.6. The minimum atomic E-state index is -0.271. The van der Waals surface area contributed by atoms with Gasteiger partial charge in [-0.05, 0) is 35.4 Å². The Morgan fingerprint density at radius 1 is 1.17 bits per heavy atom. The molecule has 0 aliphatic carbocycles. The molecule has 0 fully saturated rings. The molecule has 0 saturated carbocycles. The summed E-state index contributed by atoms with van der Waals surface area (Å²) >= 11 is 5.84. The summed E-state index contributed by atoms with van der Waals surface area (Å²) in [6.45, 7) is 0.345. The molecule has 0 aliphatic rings. The van der Waals surface area contributed by atoms with Crippen molar-refractivity contribution in [3.05, 3.63) is 70.5 Å². The van der Waals surface area contributed by atoms with Crippen molar-refractivity contribution in [3.63, 3.8) is 0 Å². The molecule has 0 heterocycles. The van der Waals surface area contributed by atoms with Crippen molar-refractivity contribution < 1.29 is 9.23 Å². The number of hydrogen-bond donors (Lipinski definition) is 0. The van der Waals surface area contributed by atoms with E-state index in [1.54, 1.807) is 18.2 Å². The molecular weight excluding hydrogens is 253 g/mol. The lowest BCUT2D eigenvalue weighted by Crippen LogP contribution is -1.88. The fraction of sp³-hybridized carbons (Fsp3) is 0.0714. The molecule has 2 rings (SSSR count). The number of rotatable bonds is 4. The quantitative estimate of drug-likeness (QED) is 0.603. The molecule has 0 N–H and O–H groups in total. The predicted octanol–water partition coefficient (Wildman–Crippen LogP) is 4.03. The zero-order valence-electron chi connectivity index (χ0n) is 9.51. The van der Waals surface area contributed by atoms with Crippen molar-refractivity contribution in [3.8, 4) is 0 Å². The largest absolute Gasteiger partial charge is 0.391 e. The Labute approximate surface area is 110 Å². The third-order valence-corrected chi connectivity index (χ3v) is 2.50. The molecule has 0 aliphatic heterocycles. The highest BCUT2D eigenvalue weighted by Crippen LogP contribution is 2.11. The van der Waals surface area contributed by atoms with E-state index in [9.17, 15) is 4.39 Å². The average Bonchev–Trinajstić information content (AvgIpc) is 2.37. The third kappa shape index (κ3) is 3.86. The van der Waals surface area contributed by atoms with Gasteiger partial charge in [-0.15, -0.1) is 0 Å². The lowest BCUT2D eigenvalue weighted by Gasteiger charge is -2.00. The van der Waals surface area contributed by atoms with Gasteiger partial charge in [0.05, 0.1) is 6.21 Å². The highest BCUT2D eigenvalue weighted by molar-refractivity contribution is 6.30. The van der Waals surface area contributed by atoms with Gasteiger partial charge in [-0.2, -0.15) is 0 Å². The zero-order valence-corrected chi connectivity index (χ0v) is 10.3. The van der Waals surface area contributed by atoms with Crippen LogP contribution in [-0.4, -0.2) is 6.21 Å². The van der Waals surface area contributed by atoms with Crippen LogP contribution in [0.2, 0.25) is 5.02 Å². The van der Waals surface area contributed by atoms with Crippen molar-refractivity contribution >= 4 is 17.8 Å². The summed E-state index contributed by atoms with van der Waals surface area (Å²) in [5, 5.41) is 4.47. The van der Waals surface area contributed by atoms with Crippen molar-refractivity contribution in [1.82, 2.24) is 0 Å². The van der Waals surface area contributed by atoms with E-state index in [1.165, 1.54) is 18.3 Å². The molecule has 0 bridgehead atoms. The third-order valence-electron chi connectivity index (χ3n) is 2.27. The van der Waals surface area contributed by atoms with Gasteiger partial charge in [0.25, 0.3) is 0 Å². The van der Waals surface area contributed by atoms with Crippen LogP contribution in [-0.2, 0) is 11.4 Å². The summed E-state index contributed by atoms with van der Waals surface area (Å²) in [6.07, 6.45) is 1.53. The Kier molecular flexibility index (Phi) is 4.31. The molecule has 2 nitrogen and oxygen atoms in total. The van der Waals surface area contributed by atoms with Crippen LogP contribution < -0.4 is 0 Å². The molecule has 18 heavy (non-hydrogen) atoms. The molecule has 4 heteroatoms. The smallest absolute Gasteiger partial charge is 0.142 e. The lowest BCUT2D eigenvalue weighted by molar-refractivity contribution is 0.132. The molecule has 0 spiro atoms. The first-order chi connectivity index (χ1) is 8.74. The molecule has 0 amide bonds. The van der Waals surface area contributed by atoms with Gasteiger partial charge >= 0.3 is 0 Å². The second kappa shape index (κ2) is 6.17. The summed E-state index contributed by atoms with van der Waals surface area (Å²) in [4.78, 5) is 5.13. The number of halogens is 2. The van der Waals surface area contributed by atoms with Gasteiger partial charge in [-0.3, -0.25) is 0 Å². The van der Waals surface area contributed by atoms with E-state index >= 15 is 0 Å². The molecule has 2 aromatic rings. The van der Waals surface area contributed by atoms with Gasteiger partial charge in [0.15, 0.2) is 0 Å². The standard InChI is InChI=1S/C14H11ClFNO/c15-13-3-1-2-12(8-13)10-18-17-9-11-4-6-14(16)7-5-11/h1-9H,10H2/b17-9+. The van der Waals surface area contributed by atoms with E-state index < -0.39 is 0 Å².